The topological polar surface area (TPSA) is 102 Å². The molecule has 148 valence electrons. The molecule has 2 N–H and O–H groups in total. The zero-order valence-electron chi connectivity index (χ0n) is 16.0. The Bertz CT molecular complexity index is 751. The Morgan fingerprint density at radius 2 is 2.11 bits per heavy atom. The number of aliphatic hydroxyl groups is 2. The molecular formula is C20H26O7. The molecule has 2 aliphatic heterocycles. The molecule has 27 heavy (non-hydrogen) atoms. The first-order chi connectivity index (χ1) is 12.6. The lowest BCUT2D eigenvalue weighted by atomic mass is 9.72. The van der Waals surface area contributed by atoms with E-state index in [4.69, 9.17) is 14.2 Å². The molecule has 0 spiro atoms. The zero-order chi connectivity index (χ0) is 20.1. The van der Waals surface area contributed by atoms with Crippen molar-refractivity contribution in [2.75, 3.05) is 0 Å². The van der Waals surface area contributed by atoms with Crippen molar-refractivity contribution < 1.29 is 34.0 Å². The van der Waals surface area contributed by atoms with Crippen LogP contribution in [-0.2, 0) is 23.8 Å². The predicted molar refractivity (Wildman–Crippen MR) is 95.3 cm³/mol. The maximum atomic E-state index is 12.5. The van der Waals surface area contributed by atoms with E-state index in [2.05, 4.69) is 6.58 Å². The third kappa shape index (κ3) is 2.68. The summed E-state index contributed by atoms with van der Waals surface area (Å²) in [7, 11) is 0. The van der Waals surface area contributed by atoms with Gasteiger partial charge in [0, 0.05) is 5.57 Å². The average molecular weight is 378 g/mol. The molecule has 3 rings (SSSR count). The summed E-state index contributed by atoms with van der Waals surface area (Å²) in [5, 5.41) is 21.6. The third-order valence-electron chi connectivity index (χ3n) is 6.12. The lowest BCUT2D eigenvalue weighted by molar-refractivity contribution is -0.204. The van der Waals surface area contributed by atoms with Crippen LogP contribution >= 0.6 is 0 Å². The Morgan fingerprint density at radius 1 is 1.44 bits per heavy atom. The van der Waals surface area contributed by atoms with Gasteiger partial charge in [-0.15, -0.1) is 0 Å². The van der Waals surface area contributed by atoms with E-state index in [-0.39, 0.29) is 5.57 Å². The van der Waals surface area contributed by atoms with Crippen molar-refractivity contribution in [1.82, 2.24) is 0 Å². The molecule has 2 fully saturated rings. The second-order valence-corrected chi connectivity index (χ2v) is 7.76. The number of allylic oxidation sites excluding steroid dienone is 2. The minimum Gasteiger partial charge on any atom is -0.455 e. The molecule has 0 saturated carbocycles. The maximum Gasteiger partial charge on any atom is 0.337 e. The summed E-state index contributed by atoms with van der Waals surface area (Å²) in [6.07, 6.45) is -0.335. The van der Waals surface area contributed by atoms with Crippen molar-refractivity contribution in [2.45, 2.75) is 70.7 Å². The Hall–Kier alpha value is -1.96. The standard InChI is InChI=1S/C20H26O7/c1-6-10(2)15(22)25-14-13(21)11(3)8-7-9-19(5)17-20(14,27-18(19)24)12(4)16(23)26-17/h6,8,13-14,17-18,21,24H,4,7,9H2,1-3,5H3/b10-6-,11-8+/t13-,14-,17-,18-,19-,20+/m1/s1. The smallest absolute Gasteiger partial charge is 0.337 e. The van der Waals surface area contributed by atoms with Crippen LogP contribution in [0, 0.1) is 5.41 Å². The van der Waals surface area contributed by atoms with Crippen molar-refractivity contribution >= 4 is 11.9 Å². The van der Waals surface area contributed by atoms with E-state index in [1.165, 1.54) is 0 Å². The van der Waals surface area contributed by atoms with Gasteiger partial charge in [0.15, 0.2) is 18.0 Å². The van der Waals surface area contributed by atoms with E-state index in [1.54, 1.807) is 33.8 Å². The summed E-state index contributed by atoms with van der Waals surface area (Å²) in [6.45, 7) is 10.5. The summed E-state index contributed by atoms with van der Waals surface area (Å²) in [5.41, 5.74) is -1.74. The predicted octanol–water partition coefficient (Wildman–Crippen LogP) is 1.54. The van der Waals surface area contributed by atoms with E-state index in [1.807, 2.05) is 6.08 Å². The zero-order valence-corrected chi connectivity index (χ0v) is 16.0. The van der Waals surface area contributed by atoms with E-state index >= 15 is 0 Å². The molecule has 0 aromatic heterocycles. The number of esters is 2. The number of ether oxygens (including phenoxy) is 3. The molecule has 2 saturated heterocycles. The molecular weight excluding hydrogens is 352 g/mol. The van der Waals surface area contributed by atoms with Gasteiger partial charge in [0.1, 0.15) is 12.2 Å². The van der Waals surface area contributed by atoms with Gasteiger partial charge in [0.2, 0.25) is 0 Å². The van der Waals surface area contributed by atoms with Crippen LogP contribution in [0.5, 0.6) is 0 Å². The molecule has 1 aliphatic carbocycles. The second kappa shape index (κ2) is 6.58. The number of aliphatic hydroxyl groups excluding tert-OH is 2. The molecule has 3 aliphatic rings. The van der Waals surface area contributed by atoms with E-state index in [0.717, 1.165) is 0 Å². The largest absolute Gasteiger partial charge is 0.455 e. The van der Waals surface area contributed by atoms with E-state index in [9.17, 15) is 19.8 Å². The summed E-state index contributed by atoms with van der Waals surface area (Å²) in [5.74, 6) is -1.34. The van der Waals surface area contributed by atoms with Gasteiger partial charge >= 0.3 is 11.9 Å². The molecule has 7 heteroatoms. The van der Waals surface area contributed by atoms with Crippen molar-refractivity contribution in [3.05, 3.63) is 35.5 Å². The number of hydrogen-bond donors (Lipinski definition) is 2. The van der Waals surface area contributed by atoms with Crippen LogP contribution in [0.2, 0.25) is 0 Å². The SMILES string of the molecule is C=C1C(=O)O[C@@H]2[C@@]3(C)CC/C=C(\C)[C@@H](O)[C@@H](OC(=O)/C(C)=C\C)[C@@]12O[C@H]3O. The highest BCUT2D eigenvalue weighted by Gasteiger charge is 2.74. The minimum atomic E-state index is -1.66. The van der Waals surface area contributed by atoms with Crippen molar-refractivity contribution in [3.8, 4) is 0 Å². The molecule has 0 amide bonds. The molecule has 2 heterocycles. The summed E-state index contributed by atoms with van der Waals surface area (Å²) in [4.78, 5) is 24.9. The lowest BCUT2D eigenvalue weighted by Crippen LogP contribution is -2.57. The van der Waals surface area contributed by atoms with Crippen molar-refractivity contribution in [1.29, 1.82) is 0 Å². The first-order valence-corrected chi connectivity index (χ1v) is 9.04. The average Bonchev–Trinajstić information content (AvgIpc) is 3.01. The Morgan fingerprint density at radius 3 is 2.74 bits per heavy atom. The molecule has 0 aromatic rings. The monoisotopic (exact) mass is 378 g/mol. The summed E-state index contributed by atoms with van der Waals surface area (Å²) in [6, 6.07) is 0. The van der Waals surface area contributed by atoms with Gasteiger partial charge in [-0.1, -0.05) is 25.7 Å². The van der Waals surface area contributed by atoms with Crippen LogP contribution in [0.15, 0.2) is 35.5 Å². The van der Waals surface area contributed by atoms with Crippen LogP contribution in [0.3, 0.4) is 0 Å². The van der Waals surface area contributed by atoms with Gasteiger partial charge in [-0.2, -0.15) is 0 Å². The van der Waals surface area contributed by atoms with Crippen LogP contribution in [0.4, 0.5) is 0 Å². The minimum absolute atomic E-state index is 0.0695. The lowest BCUT2D eigenvalue weighted by Gasteiger charge is -2.38. The van der Waals surface area contributed by atoms with Gasteiger partial charge < -0.3 is 24.4 Å². The Kier molecular flexibility index (Phi) is 4.82. The molecule has 0 unspecified atom stereocenters. The Balaban J connectivity index is 2.18. The quantitative estimate of drug-likeness (QED) is 0.427. The second-order valence-electron chi connectivity index (χ2n) is 7.76. The molecule has 6 atom stereocenters. The first-order valence-electron chi connectivity index (χ1n) is 9.04. The van der Waals surface area contributed by atoms with Gasteiger partial charge in [-0.05, 0) is 39.2 Å². The molecule has 0 aromatic carbocycles. The fraction of sp³-hybridized carbons (Fsp3) is 0.600. The van der Waals surface area contributed by atoms with Crippen LogP contribution in [-0.4, -0.2) is 52.4 Å². The normalized spacial score (nSPS) is 43.8. The number of carbonyl (C=O) groups excluding carboxylic acids is 2. The first kappa shape index (κ1) is 19.8. The highest BCUT2D eigenvalue weighted by Crippen LogP contribution is 2.57. The van der Waals surface area contributed by atoms with Crippen LogP contribution < -0.4 is 0 Å². The molecule has 2 bridgehead atoms. The van der Waals surface area contributed by atoms with Gasteiger partial charge in [0.05, 0.1) is 11.0 Å². The highest BCUT2D eigenvalue weighted by molar-refractivity contribution is 5.94. The highest BCUT2D eigenvalue weighted by atomic mass is 16.7. The van der Waals surface area contributed by atoms with Gasteiger partial charge in [-0.25, -0.2) is 9.59 Å². The van der Waals surface area contributed by atoms with E-state index in [0.29, 0.717) is 24.0 Å². The Labute approximate surface area is 158 Å². The van der Waals surface area contributed by atoms with Crippen molar-refractivity contribution in [3.63, 3.8) is 0 Å². The molecule has 7 nitrogen and oxygen atoms in total. The molecule has 0 radical (unpaired) electrons. The number of carbonyl (C=O) groups is 2. The summed E-state index contributed by atoms with van der Waals surface area (Å²) < 4.78 is 17.0. The van der Waals surface area contributed by atoms with E-state index < -0.39 is 47.6 Å². The van der Waals surface area contributed by atoms with Gasteiger partial charge in [-0.3, -0.25) is 0 Å². The fourth-order valence-electron chi connectivity index (χ4n) is 4.12. The summed E-state index contributed by atoms with van der Waals surface area (Å²) >= 11 is 0. The number of hydrogen-bond acceptors (Lipinski definition) is 7. The fourth-order valence-corrected chi connectivity index (χ4v) is 4.12. The van der Waals surface area contributed by atoms with Crippen LogP contribution in [0.25, 0.3) is 0 Å². The number of rotatable bonds is 2. The maximum absolute atomic E-state index is 12.5. The van der Waals surface area contributed by atoms with Crippen LogP contribution in [0.1, 0.15) is 40.5 Å². The van der Waals surface area contributed by atoms with Crippen molar-refractivity contribution in [2.24, 2.45) is 5.41 Å². The third-order valence-corrected chi connectivity index (χ3v) is 6.12. The van der Waals surface area contributed by atoms with Gasteiger partial charge in [0.25, 0.3) is 0 Å².